The number of esters is 2. The summed E-state index contributed by atoms with van der Waals surface area (Å²) in [4.78, 5) is 23.8. The van der Waals surface area contributed by atoms with E-state index in [1.54, 1.807) is 0 Å². The van der Waals surface area contributed by atoms with Crippen LogP contribution in [0.25, 0.3) is 0 Å². The number of benzene rings is 1. The topological polar surface area (TPSA) is 61.8 Å². The van der Waals surface area contributed by atoms with Gasteiger partial charge in [-0.2, -0.15) is 0 Å². The first kappa shape index (κ1) is 22.2. The zero-order chi connectivity index (χ0) is 20.8. The van der Waals surface area contributed by atoms with Gasteiger partial charge in [0.15, 0.2) is 0 Å². The van der Waals surface area contributed by atoms with Crippen LogP contribution in [0.1, 0.15) is 32.3 Å². The van der Waals surface area contributed by atoms with Crippen molar-refractivity contribution in [1.82, 2.24) is 0 Å². The van der Waals surface area contributed by atoms with E-state index in [4.69, 9.17) is 14.2 Å². The molecule has 1 atom stereocenters. The van der Waals surface area contributed by atoms with Gasteiger partial charge in [0, 0.05) is 8.07 Å². The second-order valence-electron chi connectivity index (χ2n) is 8.85. The Kier molecular flexibility index (Phi) is 7.08. The summed E-state index contributed by atoms with van der Waals surface area (Å²) < 4.78 is 16.4. The Morgan fingerprint density at radius 1 is 1.25 bits per heavy atom. The number of ether oxygens (including phenoxy) is 3. The minimum atomic E-state index is -1.31. The Morgan fingerprint density at radius 3 is 2.46 bits per heavy atom. The van der Waals surface area contributed by atoms with E-state index in [-0.39, 0.29) is 12.8 Å². The SMILES string of the molecule is CC(C)(C#CC[C@]1(C(=O)OCC[Si](C)(C)C)CC(=O)O1)OCc1ccccc1. The molecule has 0 radical (unpaired) electrons. The third-order valence-electron chi connectivity index (χ3n) is 4.40. The Hall–Kier alpha value is -2.10. The van der Waals surface area contributed by atoms with Crippen LogP contribution in [-0.4, -0.2) is 37.8 Å². The minimum Gasteiger partial charge on any atom is -0.463 e. The van der Waals surface area contributed by atoms with E-state index < -0.39 is 31.2 Å². The van der Waals surface area contributed by atoms with E-state index in [2.05, 4.69) is 31.5 Å². The lowest BCUT2D eigenvalue weighted by Gasteiger charge is -2.36. The predicted octanol–water partition coefficient (Wildman–Crippen LogP) is 3.94. The van der Waals surface area contributed by atoms with E-state index in [9.17, 15) is 9.59 Å². The van der Waals surface area contributed by atoms with E-state index >= 15 is 0 Å². The van der Waals surface area contributed by atoms with Gasteiger partial charge in [-0.1, -0.05) is 61.8 Å². The molecule has 0 saturated carbocycles. The number of carbonyl (C=O) groups excluding carboxylic acids is 2. The molecule has 5 nitrogen and oxygen atoms in total. The second kappa shape index (κ2) is 8.93. The molecular weight excluding hydrogens is 372 g/mol. The maximum absolute atomic E-state index is 12.5. The number of carbonyl (C=O) groups is 2. The molecule has 0 aliphatic carbocycles. The normalized spacial score (nSPS) is 19.1. The van der Waals surface area contributed by atoms with Crippen molar-refractivity contribution in [2.75, 3.05) is 6.61 Å². The Labute approximate surface area is 168 Å². The maximum Gasteiger partial charge on any atom is 0.352 e. The highest BCUT2D eigenvalue weighted by Crippen LogP contribution is 2.33. The standard InChI is InChI=1S/C22H30O5Si/c1-21(2,26-17-18-10-7-6-8-11-18)12-9-13-22(16-19(23)27-22)20(24)25-14-15-28(3,4)5/h6-8,10-11H,13-17H2,1-5H3/t22-/m1/s1. The van der Waals surface area contributed by atoms with Crippen molar-refractivity contribution in [2.45, 2.75) is 70.2 Å². The second-order valence-corrected chi connectivity index (χ2v) is 14.5. The van der Waals surface area contributed by atoms with Gasteiger partial charge < -0.3 is 14.2 Å². The Balaban J connectivity index is 1.91. The minimum absolute atomic E-state index is 0.0127. The Morgan fingerprint density at radius 2 is 1.89 bits per heavy atom. The molecule has 0 unspecified atom stereocenters. The molecule has 1 aromatic carbocycles. The lowest BCUT2D eigenvalue weighted by molar-refractivity contribution is -0.206. The molecule has 2 rings (SSSR count). The van der Waals surface area contributed by atoms with Crippen LogP contribution in [0, 0.1) is 11.8 Å². The molecule has 6 heteroatoms. The first-order chi connectivity index (χ1) is 13.0. The molecule has 1 aromatic rings. The number of hydrogen-bond acceptors (Lipinski definition) is 5. The van der Waals surface area contributed by atoms with Crippen molar-refractivity contribution in [2.24, 2.45) is 0 Å². The average molecular weight is 403 g/mol. The summed E-state index contributed by atoms with van der Waals surface area (Å²) in [7, 11) is -1.31. The van der Waals surface area contributed by atoms with E-state index in [1.807, 2.05) is 44.2 Å². The lowest BCUT2D eigenvalue weighted by Crippen LogP contribution is -2.54. The van der Waals surface area contributed by atoms with Crippen LogP contribution in [0.4, 0.5) is 0 Å². The van der Waals surface area contributed by atoms with Gasteiger partial charge in [-0.25, -0.2) is 4.79 Å². The van der Waals surface area contributed by atoms with Gasteiger partial charge in [0.2, 0.25) is 5.60 Å². The first-order valence-electron chi connectivity index (χ1n) is 9.58. The van der Waals surface area contributed by atoms with Gasteiger partial charge in [-0.05, 0) is 25.5 Å². The summed E-state index contributed by atoms with van der Waals surface area (Å²) >= 11 is 0. The van der Waals surface area contributed by atoms with Gasteiger partial charge in [-0.3, -0.25) is 4.79 Å². The van der Waals surface area contributed by atoms with Crippen molar-refractivity contribution in [3.8, 4) is 11.8 Å². The predicted molar refractivity (Wildman–Crippen MR) is 110 cm³/mol. The summed E-state index contributed by atoms with van der Waals surface area (Å²) in [5, 5.41) is 0. The van der Waals surface area contributed by atoms with Gasteiger partial charge in [0.1, 0.15) is 5.60 Å². The molecule has 1 aliphatic heterocycles. The summed E-state index contributed by atoms with van der Waals surface area (Å²) in [5.41, 5.74) is -0.890. The van der Waals surface area contributed by atoms with Gasteiger partial charge >= 0.3 is 11.9 Å². The third kappa shape index (κ3) is 6.81. The van der Waals surface area contributed by atoms with Crippen molar-refractivity contribution in [3.63, 3.8) is 0 Å². The summed E-state index contributed by atoms with van der Waals surface area (Å²) in [6, 6.07) is 10.7. The zero-order valence-corrected chi connectivity index (χ0v) is 18.5. The van der Waals surface area contributed by atoms with Crippen LogP contribution in [0.2, 0.25) is 25.7 Å². The summed E-state index contributed by atoms with van der Waals surface area (Å²) in [6.07, 6.45) is 0.126. The van der Waals surface area contributed by atoms with Crippen molar-refractivity contribution < 1.29 is 23.8 Å². The summed E-state index contributed by atoms with van der Waals surface area (Å²) in [5.74, 6) is 5.11. The van der Waals surface area contributed by atoms with Crippen LogP contribution in [-0.2, 0) is 30.4 Å². The largest absolute Gasteiger partial charge is 0.463 e. The van der Waals surface area contributed by atoms with E-state index in [0.29, 0.717) is 13.2 Å². The molecule has 1 aliphatic rings. The number of rotatable bonds is 8. The van der Waals surface area contributed by atoms with Crippen LogP contribution < -0.4 is 0 Å². The van der Waals surface area contributed by atoms with Crippen molar-refractivity contribution >= 4 is 20.0 Å². The Bertz CT molecular complexity index is 745. The number of hydrogen-bond donors (Lipinski definition) is 0. The van der Waals surface area contributed by atoms with Crippen LogP contribution in [0.3, 0.4) is 0 Å². The molecular formula is C22H30O5Si. The van der Waals surface area contributed by atoms with Crippen LogP contribution in [0.5, 0.6) is 0 Å². The van der Waals surface area contributed by atoms with Gasteiger partial charge in [0.25, 0.3) is 0 Å². The molecule has 152 valence electrons. The fraction of sp³-hybridized carbons (Fsp3) is 0.545. The fourth-order valence-corrected chi connectivity index (χ4v) is 3.30. The summed E-state index contributed by atoms with van der Waals surface area (Å²) in [6.45, 7) is 11.2. The fourth-order valence-electron chi connectivity index (χ4n) is 2.58. The van der Waals surface area contributed by atoms with Gasteiger partial charge in [-0.15, -0.1) is 0 Å². The molecule has 1 saturated heterocycles. The first-order valence-corrected chi connectivity index (χ1v) is 13.3. The zero-order valence-electron chi connectivity index (χ0n) is 17.5. The molecule has 1 heterocycles. The van der Waals surface area contributed by atoms with Crippen LogP contribution in [0.15, 0.2) is 30.3 Å². The molecule has 0 N–H and O–H groups in total. The van der Waals surface area contributed by atoms with E-state index in [0.717, 1.165) is 11.6 Å². The quantitative estimate of drug-likeness (QED) is 0.374. The average Bonchev–Trinajstić information content (AvgIpc) is 2.58. The molecule has 28 heavy (non-hydrogen) atoms. The van der Waals surface area contributed by atoms with Gasteiger partial charge in [0.05, 0.1) is 26.1 Å². The lowest BCUT2D eigenvalue weighted by atomic mass is 9.90. The van der Waals surface area contributed by atoms with Crippen LogP contribution >= 0.6 is 0 Å². The maximum atomic E-state index is 12.5. The monoisotopic (exact) mass is 402 g/mol. The van der Waals surface area contributed by atoms with E-state index in [1.165, 1.54) is 0 Å². The molecule has 0 spiro atoms. The smallest absolute Gasteiger partial charge is 0.352 e. The number of cyclic esters (lactones) is 1. The van der Waals surface area contributed by atoms with Crippen molar-refractivity contribution in [1.29, 1.82) is 0 Å². The highest BCUT2D eigenvalue weighted by atomic mass is 28.3. The molecule has 1 fully saturated rings. The third-order valence-corrected chi connectivity index (χ3v) is 6.11. The molecule has 0 bridgehead atoms. The molecule has 0 aromatic heterocycles. The van der Waals surface area contributed by atoms with Crippen molar-refractivity contribution in [3.05, 3.63) is 35.9 Å². The highest BCUT2D eigenvalue weighted by Gasteiger charge is 2.53. The highest BCUT2D eigenvalue weighted by molar-refractivity contribution is 6.76. The molecule has 0 amide bonds.